The van der Waals surface area contributed by atoms with Crippen LogP contribution in [0.5, 0.6) is 5.75 Å². The molecule has 32 heavy (non-hydrogen) atoms. The van der Waals surface area contributed by atoms with Crippen molar-refractivity contribution in [2.75, 3.05) is 13.2 Å². The predicted octanol–water partition coefficient (Wildman–Crippen LogP) is 5.25. The lowest BCUT2D eigenvalue weighted by Gasteiger charge is -2.32. The fourth-order valence-electron chi connectivity index (χ4n) is 4.10. The van der Waals surface area contributed by atoms with Crippen molar-refractivity contribution >= 4 is 28.5 Å². The fraction of sp³-hybridized carbons (Fsp3) is 0.360. The van der Waals surface area contributed by atoms with Crippen LogP contribution in [0.15, 0.2) is 51.7 Å². The number of fused-ring (bicyclic) bond motifs is 1. The number of carbonyl (C=O) groups is 1. The lowest BCUT2D eigenvalue weighted by atomic mass is 9.82. The van der Waals surface area contributed by atoms with Crippen molar-refractivity contribution in [1.82, 2.24) is 0 Å². The fourth-order valence-corrected chi connectivity index (χ4v) is 4.31. The topological polar surface area (TPSA) is 86.0 Å². The molecule has 1 heterocycles. The molecule has 0 radical (unpaired) electrons. The van der Waals surface area contributed by atoms with Gasteiger partial charge in [0.1, 0.15) is 18.1 Å². The maximum absolute atomic E-state index is 12.5. The van der Waals surface area contributed by atoms with E-state index in [0.717, 1.165) is 29.7 Å². The molecule has 0 bridgehead atoms. The van der Waals surface area contributed by atoms with Gasteiger partial charge in [-0.25, -0.2) is 0 Å². The molecule has 2 saturated carbocycles. The zero-order chi connectivity index (χ0) is 22.2. The Morgan fingerprint density at radius 3 is 2.69 bits per heavy atom. The summed E-state index contributed by atoms with van der Waals surface area (Å²) in [6.07, 6.45) is 3.34. The number of aliphatic carboxylic acids is 1. The van der Waals surface area contributed by atoms with E-state index in [-0.39, 0.29) is 17.5 Å². The van der Waals surface area contributed by atoms with Crippen LogP contribution in [0.3, 0.4) is 0 Å². The van der Waals surface area contributed by atoms with Crippen molar-refractivity contribution in [2.45, 2.75) is 37.7 Å². The molecule has 0 saturated heterocycles. The summed E-state index contributed by atoms with van der Waals surface area (Å²) >= 11 is 6.24. The van der Waals surface area contributed by atoms with Gasteiger partial charge >= 0.3 is 5.97 Å². The van der Waals surface area contributed by atoms with Gasteiger partial charge in [-0.15, -0.1) is 0 Å². The standard InChI is InChI=1S/C25H23ClO6/c26-20-3-1-2-18-21(27)13-23(32-24(18)20)15-6-7-22(19(12-15)14-4-5-14)31-9-8-30-17-10-16(11-17)25(28)29/h1-3,6-7,12-14,16-17H,4-5,8-11H2,(H,28,29). The molecule has 2 aromatic carbocycles. The van der Waals surface area contributed by atoms with Gasteiger partial charge in [-0.3, -0.25) is 9.59 Å². The van der Waals surface area contributed by atoms with Crippen molar-refractivity contribution in [3.63, 3.8) is 0 Å². The van der Waals surface area contributed by atoms with Crippen molar-refractivity contribution in [2.24, 2.45) is 5.92 Å². The molecule has 5 rings (SSSR count). The first kappa shape index (κ1) is 21.0. The first-order valence-corrected chi connectivity index (χ1v) is 11.2. The third kappa shape index (κ3) is 4.25. The van der Waals surface area contributed by atoms with Crippen molar-refractivity contribution in [3.05, 3.63) is 63.3 Å². The first-order valence-electron chi connectivity index (χ1n) is 10.8. The highest BCUT2D eigenvalue weighted by atomic mass is 35.5. The minimum Gasteiger partial charge on any atom is -0.491 e. The number of hydrogen-bond acceptors (Lipinski definition) is 5. The molecular weight excluding hydrogens is 432 g/mol. The van der Waals surface area contributed by atoms with Crippen LogP contribution in [0.2, 0.25) is 5.02 Å². The number of ether oxygens (including phenoxy) is 2. The predicted molar refractivity (Wildman–Crippen MR) is 120 cm³/mol. The van der Waals surface area contributed by atoms with Crippen LogP contribution < -0.4 is 10.2 Å². The lowest BCUT2D eigenvalue weighted by molar-refractivity contribution is -0.151. The summed E-state index contributed by atoms with van der Waals surface area (Å²) in [6, 6.07) is 12.5. The molecule has 2 aliphatic rings. The summed E-state index contributed by atoms with van der Waals surface area (Å²) in [4.78, 5) is 23.4. The van der Waals surface area contributed by atoms with E-state index in [0.29, 0.717) is 53.7 Å². The van der Waals surface area contributed by atoms with E-state index in [2.05, 4.69) is 0 Å². The molecule has 166 valence electrons. The normalized spacial score (nSPS) is 20.2. The Kier molecular flexibility index (Phi) is 5.66. The average Bonchev–Trinajstić information content (AvgIpc) is 3.58. The molecule has 0 amide bonds. The number of carboxylic acid groups (broad SMARTS) is 1. The monoisotopic (exact) mass is 454 g/mol. The molecule has 6 nitrogen and oxygen atoms in total. The SMILES string of the molecule is O=C(O)C1CC(OCCOc2ccc(-c3cc(=O)c4cccc(Cl)c4o3)cc2C2CC2)C1. The van der Waals surface area contributed by atoms with Gasteiger partial charge in [0.15, 0.2) is 11.0 Å². The minimum absolute atomic E-state index is 0.00704. The molecule has 7 heteroatoms. The number of benzene rings is 2. The van der Waals surface area contributed by atoms with Crippen molar-refractivity contribution in [3.8, 4) is 17.1 Å². The summed E-state index contributed by atoms with van der Waals surface area (Å²) in [5, 5.41) is 9.80. The Labute approximate surface area is 189 Å². The van der Waals surface area contributed by atoms with Crippen molar-refractivity contribution < 1.29 is 23.8 Å². The largest absolute Gasteiger partial charge is 0.491 e. The van der Waals surface area contributed by atoms with Gasteiger partial charge < -0.3 is 19.0 Å². The van der Waals surface area contributed by atoms with E-state index in [4.69, 9.17) is 30.6 Å². The second-order valence-electron chi connectivity index (χ2n) is 8.47. The summed E-state index contributed by atoms with van der Waals surface area (Å²) < 4.78 is 17.7. The first-order chi connectivity index (χ1) is 15.5. The van der Waals surface area contributed by atoms with E-state index in [1.807, 2.05) is 18.2 Å². The van der Waals surface area contributed by atoms with E-state index in [1.165, 1.54) is 6.07 Å². The highest BCUT2D eigenvalue weighted by Crippen LogP contribution is 2.45. The van der Waals surface area contributed by atoms with Crippen LogP contribution in [0.1, 0.15) is 37.2 Å². The van der Waals surface area contributed by atoms with Crippen LogP contribution in [-0.4, -0.2) is 30.4 Å². The summed E-state index contributed by atoms with van der Waals surface area (Å²) in [5.74, 6) is 0.688. The number of hydrogen-bond donors (Lipinski definition) is 1. The molecule has 1 aromatic heterocycles. The van der Waals surface area contributed by atoms with Crippen LogP contribution in [0, 0.1) is 5.92 Å². The number of rotatable bonds is 8. The van der Waals surface area contributed by atoms with Gasteiger partial charge in [-0.05, 0) is 67.5 Å². The quantitative estimate of drug-likeness (QED) is 0.468. The summed E-state index contributed by atoms with van der Waals surface area (Å²) in [5.41, 5.74) is 2.17. The number of halogens is 1. The molecule has 2 aliphatic carbocycles. The van der Waals surface area contributed by atoms with Gasteiger partial charge in [0.25, 0.3) is 0 Å². The smallest absolute Gasteiger partial charge is 0.306 e. The van der Waals surface area contributed by atoms with Gasteiger partial charge in [0.2, 0.25) is 0 Å². The Hall–Kier alpha value is -2.83. The summed E-state index contributed by atoms with van der Waals surface area (Å²) in [7, 11) is 0. The minimum atomic E-state index is -0.750. The number of para-hydroxylation sites is 1. The van der Waals surface area contributed by atoms with Gasteiger partial charge in [0.05, 0.1) is 29.0 Å². The molecule has 0 unspecified atom stereocenters. The van der Waals surface area contributed by atoms with Crippen LogP contribution in [0.25, 0.3) is 22.3 Å². The molecule has 3 aromatic rings. The zero-order valence-electron chi connectivity index (χ0n) is 17.4. The second-order valence-corrected chi connectivity index (χ2v) is 8.87. The highest BCUT2D eigenvalue weighted by molar-refractivity contribution is 6.34. The second kappa shape index (κ2) is 8.60. The molecule has 2 fully saturated rings. The molecule has 0 aliphatic heterocycles. The van der Waals surface area contributed by atoms with Crippen LogP contribution >= 0.6 is 11.6 Å². The van der Waals surface area contributed by atoms with E-state index in [9.17, 15) is 9.59 Å². The Bertz CT molecular complexity index is 1220. The number of carboxylic acids is 1. The van der Waals surface area contributed by atoms with E-state index in [1.54, 1.807) is 18.2 Å². The average molecular weight is 455 g/mol. The van der Waals surface area contributed by atoms with Gasteiger partial charge in [0, 0.05) is 11.6 Å². The van der Waals surface area contributed by atoms with Gasteiger partial charge in [-0.1, -0.05) is 17.7 Å². The third-order valence-electron chi connectivity index (χ3n) is 6.16. The molecule has 0 atom stereocenters. The maximum atomic E-state index is 12.5. The van der Waals surface area contributed by atoms with Crippen LogP contribution in [0.4, 0.5) is 0 Å². The highest BCUT2D eigenvalue weighted by Gasteiger charge is 2.35. The molecule has 1 N–H and O–H groups in total. The molecule has 0 spiro atoms. The van der Waals surface area contributed by atoms with E-state index < -0.39 is 5.97 Å². The maximum Gasteiger partial charge on any atom is 0.306 e. The Balaban J connectivity index is 1.30. The van der Waals surface area contributed by atoms with Gasteiger partial charge in [-0.2, -0.15) is 0 Å². The zero-order valence-corrected chi connectivity index (χ0v) is 18.1. The Morgan fingerprint density at radius 1 is 1.12 bits per heavy atom. The summed E-state index contributed by atoms with van der Waals surface area (Å²) in [6.45, 7) is 0.814. The Morgan fingerprint density at radius 2 is 1.94 bits per heavy atom. The third-order valence-corrected chi connectivity index (χ3v) is 6.45. The van der Waals surface area contributed by atoms with Crippen LogP contribution in [-0.2, 0) is 9.53 Å². The lowest BCUT2D eigenvalue weighted by Crippen LogP contribution is -2.37. The van der Waals surface area contributed by atoms with Crippen molar-refractivity contribution in [1.29, 1.82) is 0 Å². The van der Waals surface area contributed by atoms with E-state index >= 15 is 0 Å². The molecular formula is C25H23ClO6.